The summed E-state index contributed by atoms with van der Waals surface area (Å²) in [5.41, 5.74) is 2.06. The van der Waals surface area contributed by atoms with Crippen LogP contribution in [0, 0.1) is 28.6 Å². The number of cyclic esters (lactones) is 1. The first-order chi connectivity index (χ1) is 15.1. The van der Waals surface area contributed by atoms with Crippen LogP contribution in [0.3, 0.4) is 0 Å². The molecule has 2 saturated carbocycles. The van der Waals surface area contributed by atoms with Gasteiger partial charge in [-0.1, -0.05) is 30.7 Å². The first-order valence-corrected chi connectivity index (χ1v) is 12.6. The molecule has 8 atom stereocenters. The number of ether oxygens (including phenoxy) is 2. The van der Waals surface area contributed by atoms with Crippen molar-refractivity contribution in [3.63, 3.8) is 0 Å². The number of carbonyl (C=O) groups excluding carboxylic acids is 2. The molecule has 0 aromatic carbocycles. The van der Waals surface area contributed by atoms with Crippen LogP contribution in [-0.2, 0) is 19.1 Å². The lowest BCUT2D eigenvalue weighted by Gasteiger charge is -2.59. The number of carbonyl (C=O) groups is 2. The van der Waals surface area contributed by atoms with E-state index in [2.05, 4.69) is 39.8 Å². The second-order valence-corrected chi connectivity index (χ2v) is 12.1. The summed E-state index contributed by atoms with van der Waals surface area (Å²) >= 11 is 0. The summed E-state index contributed by atoms with van der Waals surface area (Å²) in [5.74, 6) is 1.22. The van der Waals surface area contributed by atoms with E-state index in [1.165, 1.54) is 5.57 Å². The molecule has 4 heteroatoms. The van der Waals surface area contributed by atoms with Gasteiger partial charge in [-0.2, -0.15) is 0 Å². The van der Waals surface area contributed by atoms with Crippen LogP contribution in [-0.4, -0.2) is 29.1 Å². The Morgan fingerprint density at radius 1 is 1.03 bits per heavy atom. The number of ketones is 1. The quantitative estimate of drug-likeness (QED) is 0.511. The molecule has 0 aromatic rings. The van der Waals surface area contributed by atoms with Crippen molar-refractivity contribution in [3.05, 3.63) is 34.9 Å². The Labute approximate surface area is 191 Å². The van der Waals surface area contributed by atoms with Crippen LogP contribution in [0.4, 0.5) is 0 Å². The molecule has 0 amide bonds. The van der Waals surface area contributed by atoms with Crippen molar-refractivity contribution >= 4 is 11.8 Å². The fraction of sp³-hybridized carbons (Fsp3) is 0.714. The number of fused-ring (bicyclic) bond motifs is 3. The molecule has 2 heterocycles. The van der Waals surface area contributed by atoms with Crippen LogP contribution >= 0.6 is 0 Å². The molecule has 32 heavy (non-hydrogen) atoms. The molecule has 6 aliphatic rings. The molecule has 4 aliphatic carbocycles. The van der Waals surface area contributed by atoms with E-state index in [0.717, 1.165) is 49.7 Å². The van der Waals surface area contributed by atoms with E-state index in [1.807, 2.05) is 13.0 Å². The molecule has 2 aliphatic heterocycles. The Bertz CT molecular complexity index is 1020. The fourth-order valence-electron chi connectivity index (χ4n) is 9.17. The van der Waals surface area contributed by atoms with Crippen LogP contribution < -0.4 is 0 Å². The molecule has 0 radical (unpaired) electrons. The average molecular weight is 437 g/mol. The maximum absolute atomic E-state index is 13.3. The third-order valence-electron chi connectivity index (χ3n) is 11.1. The van der Waals surface area contributed by atoms with Gasteiger partial charge in [0.25, 0.3) is 0 Å². The third kappa shape index (κ3) is 2.19. The molecule has 0 spiro atoms. The monoisotopic (exact) mass is 436 g/mol. The summed E-state index contributed by atoms with van der Waals surface area (Å²) in [4.78, 5) is 25.9. The lowest BCUT2D eigenvalue weighted by molar-refractivity contribution is -0.231. The van der Waals surface area contributed by atoms with Crippen molar-refractivity contribution in [2.75, 3.05) is 0 Å². The van der Waals surface area contributed by atoms with Crippen LogP contribution in [0.25, 0.3) is 0 Å². The largest absolute Gasteiger partial charge is 0.456 e. The predicted octanol–water partition coefficient (Wildman–Crippen LogP) is 5.47. The molecule has 0 N–H and O–H groups in total. The zero-order valence-electron chi connectivity index (χ0n) is 20.1. The van der Waals surface area contributed by atoms with Gasteiger partial charge >= 0.3 is 5.97 Å². The Morgan fingerprint density at radius 3 is 2.56 bits per heavy atom. The number of rotatable bonds is 1. The zero-order valence-corrected chi connectivity index (χ0v) is 20.1. The van der Waals surface area contributed by atoms with Crippen molar-refractivity contribution in [2.24, 2.45) is 28.6 Å². The van der Waals surface area contributed by atoms with Gasteiger partial charge < -0.3 is 9.47 Å². The number of hydrogen-bond donors (Lipinski definition) is 0. The van der Waals surface area contributed by atoms with E-state index in [1.54, 1.807) is 0 Å². The molecule has 3 fully saturated rings. The first-order valence-electron chi connectivity index (χ1n) is 12.6. The average Bonchev–Trinajstić information content (AvgIpc) is 3.16. The highest BCUT2D eigenvalue weighted by Gasteiger charge is 2.77. The van der Waals surface area contributed by atoms with Gasteiger partial charge in [-0.05, 0) is 83.1 Å². The van der Waals surface area contributed by atoms with E-state index in [4.69, 9.17) is 9.47 Å². The van der Waals surface area contributed by atoms with Crippen molar-refractivity contribution < 1.29 is 19.1 Å². The maximum atomic E-state index is 13.3. The fourth-order valence-corrected chi connectivity index (χ4v) is 9.17. The smallest absolute Gasteiger partial charge is 0.334 e. The number of hydrogen-bond acceptors (Lipinski definition) is 4. The molecule has 2 bridgehead atoms. The molecule has 0 unspecified atom stereocenters. The van der Waals surface area contributed by atoms with Gasteiger partial charge in [0.1, 0.15) is 17.5 Å². The highest BCUT2D eigenvalue weighted by Crippen LogP contribution is 2.75. The lowest BCUT2D eigenvalue weighted by Crippen LogP contribution is -2.60. The van der Waals surface area contributed by atoms with Crippen molar-refractivity contribution in [1.29, 1.82) is 0 Å². The molecule has 4 nitrogen and oxygen atoms in total. The van der Waals surface area contributed by atoms with E-state index < -0.39 is 5.60 Å². The van der Waals surface area contributed by atoms with Crippen LogP contribution in [0.5, 0.6) is 0 Å². The minimum Gasteiger partial charge on any atom is -0.456 e. The third-order valence-corrected chi connectivity index (χ3v) is 11.1. The summed E-state index contributed by atoms with van der Waals surface area (Å²) < 4.78 is 13.3. The summed E-state index contributed by atoms with van der Waals surface area (Å²) in [6, 6.07) is 0. The van der Waals surface area contributed by atoms with E-state index in [-0.39, 0.29) is 28.5 Å². The Morgan fingerprint density at radius 2 is 1.81 bits per heavy atom. The Hall–Kier alpha value is -1.68. The number of Topliss-reactive ketones (excluding diaryl/α,β-unsaturated/α-hetero) is 1. The van der Waals surface area contributed by atoms with Gasteiger partial charge in [0, 0.05) is 23.8 Å². The molecular weight excluding hydrogens is 400 g/mol. The molecule has 0 aromatic heterocycles. The van der Waals surface area contributed by atoms with Crippen LogP contribution in [0.1, 0.15) is 79.6 Å². The van der Waals surface area contributed by atoms with Gasteiger partial charge in [0.05, 0.1) is 11.0 Å². The van der Waals surface area contributed by atoms with Crippen LogP contribution in [0.15, 0.2) is 34.9 Å². The van der Waals surface area contributed by atoms with Gasteiger partial charge in [-0.3, -0.25) is 4.79 Å². The van der Waals surface area contributed by atoms with Gasteiger partial charge in [-0.25, -0.2) is 4.79 Å². The Kier molecular flexibility index (Phi) is 4.08. The number of allylic oxidation sites excluding steroid dienone is 4. The molecule has 6 rings (SSSR count). The van der Waals surface area contributed by atoms with Crippen molar-refractivity contribution in [1.82, 2.24) is 0 Å². The highest BCUT2D eigenvalue weighted by atomic mass is 16.6. The van der Waals surface area contributed by atoms with Gasteiger partial charge in [0.15, 0.2) is 0 Å². The minimum absolute atomic E-state index is 0.0642. The molecular formula is C28H36O4. The van der Waals surface area contributed by atoms with Gasteiger partial charge in [-0.15, -0.1) is 0 Å². The van der Waals surface area contributed by atoms with E-state index >= 15 is 0 Å². The van der Waals surface area contributed by atoms with Gasteiger partial charge in [0.2, 0.25) is 0 Å². The van der Waals surface area contributed by atoms with E-state index in [0.29, 0.717) is 30.0 Å². The molecule has 172 valence electrons. The normalized spacial score (nSPS) is 51.7. The Balaban J connectivity index is 1.42. The lowest BCUT2D eigenvalue weighted by atomic mass is 9.46. The SMILES string of the molecule is CC1=C(C)C(=O)O[C@@H]([C@@]2(C)O[C@@]34CC[C@@H]2[C@@]3(C)CC[C@H]2[C@H]4CC=C3C=CCC(=O)[C@@]32C)C1. The summed E-state index contributed by atoms with van der Waals surface area (Å²) in [6.45, 7) is 10.8. The summed E-state index contributed by atoms with van der Waals surface area (Å²) in [7, 11) is 0. The van der Waals surface area contributed by atoms with E-state index in [9.17, 15) is 9.59 Å². The highest BCUT2D eigenvalue weighted by molar-refractivity contribution is 5.92. The standard InChI is InChI=1S/C28H36O4/c1-16-15-23(31-24(30)17(16)2)27(5)21-12-14-28(32-27)20-10-9-18-7-6-8-22(29)26(18,4)19(20)11-13-25(21,28)3/h6-7,9,19-21,23H,8,10-15H2,1-5H3/t19-,20+,21+,23+,25+,26-,27-,28+/m0/s1. The first kappa shape index (κ1) is 20.9. The van der Waals surface area contributed by atoms with Crippen LogP contribution in [0.2, 0.25) is 0 Å². The topological polar surface area (TPSA) is 52.6 Å². The summed E-state index contributed by atoms with van der Waals surface area (Å²) in [5, 5.41) is 0. The molecule has 1 saturated heterocycles. The second-order valence-electron chi connectivity index (χ2n) is 12.1. The van der Waals surface area contributed by atoms with Crippen molar-refractivity contribution in [3.8, 4) is 0 Å². The number of esters is 1. The summed E-state index contributed by atoms with van der Waals surface area (Å²) in [6.07, 6.45) is 13.0. The predicted molar refractivity (Wildman–Crippen MR) is 122 cm³/mol. The maximum Gasteiger partial charge on any atom is 0.334 e. The zero-order chi connectivity index (χ0) is 22.7. The minimum atomic E-state index is -0.471. The van der Waals surface area contributed by atoms with Crippen molar-refractivity contribution in [2.45, 2.75) is 96.9 Å². The second kappa shape index (κ2) is 6.25.